The summed E-state index contributed by atoms with van der Waals surface area (Å²) in [6.45, 7) is 0. The zero-order chi connectivity index (χ0) is 13.4. The van der Waals surface area contributed by atoms with E-state index in [1.54, 1.807) is 29.2 Å². The molecule has 0 atom stereocenters. The summed E-state index contributed by atoms with van der Waals surface area (Å²) in [5.41, 5.74) is 8.13. The van der Waals surface area contributed by atoms with Crippen LogP contribution in [-0.4, -0.2) is 14.5 Å². The van der Waals surface area contributed by atoms with Crippen LogP contribution in [0.3, 0.4) is 0 Å². The number of halogens is 1. The van der Waals surface area contributed by atoms with Crippen LogP contribution in [0.4, 0.5) is 5.69 Å². The third-order valence-electron chi connectivity index (χ3n) is 2.83. The Morgan fingerprint density at radius 3 is 2.95 bits per heavy atom. The number of nitrogen functional groups attached to an aromatic ring is 1. The number of fused-ring (bicyclic) bond motifs is 1. The number of nitrogens with two attached hydrogens (primary N) is 1. The van der Waals surface area contributed by atoms with Crippen molar-refractivity contribution in [2.75, 3.05) is 5.73 Å². The lowest BCUT2D eigenvalue weighted by Crippen LogP contribution is -2.00. The van der Waals surface area contributed by atoms with Gasteiger partial charge in [0.1, 0.15) is 6.07 Å². The van der Waals surface area contributed by atoms with E-state index in [0.717, 1.165) is 21.1 Å². The Bertz CT molecular complexity index is 816. The van der Waals surface area contributed by atoms with Crippen LogP contribution in [0, 0.1) is 11.3 Å². The molecule has 0 aliphatic heterocycles. The van der Waals surface area contributed by atoms with Gasteiger partial charge in [-0.25, -0.2) is 4.98 Å². The smallest absolute Gasteiger partial charge is 0.217 e. The number of benzene rings is 1. The second-order valence-corrected chi connectivity index (χ2v) is 4.87. The van der Waals surface area contributed by atoms with Gasteiger partial charge in [0.25, 0.3) is 0 Å². The van der Waals surface area contributed by atoms with E-state index in [9.17, 15) is 0 Å². The first-order chi connectivity index (χ1) is 9.20. The maximum absolute atomic E-state index is 9.05. The average molecular weight is 314 g/mol. The molecule has 3 aromatic rings. The average Bonchev–Trinajstić information content (AvgIpc) is 2.88. The van der Waals surface area contributed by atoms with Crippen LogP contribution in [0.1, 0.15) is 5.82 Å². The number of hydrogen-bond acceptors (Lipinski definition) is 4. The molecule has 0 fully saturated rings. The topological polar surface area (TPSA) is 80.5 Å². The molecule has 3 rings (SSSR count). The Hall–Kier alpha value is -2.39. The first kappa shape index (κ1) is 11.7. The van der Waals surface area contributed by atoms with Gasteiger partial charge in [-0.3, -0.25) is 9.55 Å². The van der Waals surface area contributed by atoms with E-state index in [2.05, 4.69) is 25.9 Å². The van der Waals surface area contributed by atoms with E-state index in [0.29, 0.717) is 11.5 Å². The molecular formula is C13H8BrN5. The fraction of sp³-hybridized carbons (Fsp3) is 0. The SMILES string of the molecule is N#Cc1nccn1-c1ccc(N)c2cc(Br)cnc12. The summed E-state index contributed by atoms with van der Waals surface area (Å²) in [5.74, 6) is 0.316. The molecule has 0 bridgehead atoms. The Kier molecular flexibility index (Phi) is 2.69. The van der Waals surface area contributed by atoms with E-state index in [1.165, 1.54) is 0 Å². The van der Waals surface area contributed by atoms with Crippen LogP contribution < -0.4 is 5.73 Å². The molecular weight excluding hydrogens is 306 g/mol. The van der Waals surface area contributed by atoms with Crippen LogP contribution in [-0.2, 0) is 0 Å². The van der Waals surface area contributed by atoms with Crippen molar-refractivity contribution in [3.05, 3.63) is 47.1 Å². The minimum atomic E-state index is 0.316. The highest BCUT2D eigenvalue weighted by atomic mass is 79.9. The molecule has 6 heteroatoms. The zero-order valence-corrected chi connectivity index (χ0v) is 11.3. The highest BCUT2D eigenvalue weighted by Gasteiger charge is 2.11. The molecule has 5 nitrogen and oxygen atoms in total. The summed E-state index contributed by atoms with van der Waals surface area (Å²) < 4.78 is 2.55. The van der Waals surface area contributed by atoms with E-state index in [-0.39, 0.29) is 0 Å². The number of nitrogens with zero attached hydrogens (tertiary/aromatic N) is 4. The maximum atomic E-state index is 9.05. The Morgan fingerprint density at radius 2 is 2.16 bits per heavy atom. The Morgan fingerprint density at radius 1 is 1.32 bits per heavy atom. The van der Waals surface area contributed by atoms with Gasteiger partial charge in [0.2, 0.25) is 5.82 Å². The highest BCUT2D eigenvalue weighted by molar-refractivity contribution is 9.10. The molecule has 2 N–H and O–H groups in total. The van der Waals surface area contributed by atoms with Gasteiger partial charge < -0.3 is 5.73 Å². The van der Waals surface area contributed by atoms with Crippen molar-refractivity contribution < 1.29 is 0 Å². The largest absolute Gasteiger partial charge is 0.398 e. The zero-order valence-electron chi connectivity index (χ0n) is 9.71. The molecule has 0 aliphatic carbocycles. The van der Waals surface area contributed by atoms with Crippen molar-refractivity contribution >= 4 is 32.5 Å². The summed E-state index contributed by atoms with van der Waals surface area (Å²) in [5, 5.41) is 9.89. The molecule has 92 valence electrons. The third kappa shape index (κ3) is 1.84. The number of anilines is 1. The number of imidazole rings is 1. The lowest BCUT2D eigenvalue weighted by molar-refractivity contribution is 1.02. The lowest BCUT2D eigenvalue weighted by Gasteiger charge is -2.09. The van der Waals surface area contributed by atoms with Crippen LogP contribution in [0.2, 0.25) is 0 Å². The fourth-order valence-electron chi connectivity index (χ4n) is 1.98. The predicted molar refractivity (Wildman–Crippen MR) is 75.7 cm³/mol. The van der Waals surface area contributed by atoms with Crippen LogP contribution >= 0.6 is 15.9 Å². The minimum absolute atomic E-state index is 0.316. The fourth-order valence-corrected chi connectivity index (χ4v) is 2.31. The molecule has 1 aromatic carbocycles. The summed E-state index contributed by atoms with van der Waals surface area (Å²) in [6, 6.07) is 7.59. The molecule has 19 heavy (non-hydrogen) atoms. The molecule has 0 unspecified atom stereocenters. The van der Waals surface area contributed by atoms with E-state index >= 15 is 0 Å². The molecule has 0 spiro atoms. The summed E-state index contributed by atoms with van der Waals surface area (Å²) in [7, 11) is 0. The number of rotatable bonds is 1. The summed E-state index contributed by atoms with van der Waals surface area (Å²) in [6.07, 6.45) is 5.01. The first-order valence-electron chi connectivity index (χ1n) is 5.48. The van der Waals surface area contributed by atoms with Gasteiger partial charge in [0, 0.05) is 34.1 Å². The van der Waals surface area contributed by atoms with Gasteiger partial charge in [-0.2, -0.15) is 5.26 Å². The van der Waals surface area contributed by atoms with Crippen LogP contribution in [0.15, 0.2) is 41.3 Å². The molecule has 2 aromatic heterocycles. The van der Waals surface area contributed by atoms with Crippen LogP contribution in [0.5, 0.6) is 0 Å². The molecule has 0 aliphatic rings. The summed E-state index contributed by atoms with van der Waals surface area (Å²) >= 11 is 3.38. The first-order valence-corrected chi connectivity index (χ1v) is 6.27. The van der Waals surface area contributed by atoms with Crippen molar-refractivity contribution in [1.29, 1.82) is 5.26 Å². The second kappa shape index (κ2) is 4.37. The molecule has 0 radical (unpaired) electrons. The monoisotopic (exact) mass is 313 g/mol. The molecule has 0 saturated heterocycles. The van der Waals surface area contributed by atoms with Gasteiger partial charge in [-0.15, -0.1) is 0 Å². The summed E-state index contributed by atoms with van der Waals surface area (Å²) in [4.78, 5) is 8.38. The Labute approximate surface area is 117 Å². The van der Waals surface area contributed by atoms with Crippen molar-refractivity contribution in [2.45, 2.75) is 0 Å². The van der Waals surface area contributed by atoms with Crippen molar-refractivity contribution in [2.24, 2.45) is 0 Å². The van der Waals surface area contributed by atoms with E-state index in [4.69, 9.17) is 11.0 Å². The Balaban J connectivity index is 2.38. The number of pyridine rings is 1. The highest BCUT2D eigenvalue weighted by Crippen LogP contribution is 2.28. The van der Waals surface area contributed by atoms with Gasteiger partial charge >= 0.3 is 0 Å². The van der Waals surface area contributed by atoms with Crippen molar-refractivity contribution in [1.82, 2.24) is 14.5 Å². The van der Waals surface area contributed by atoms with Gasteiger partial charge in [-0.1, -0.05) is 0 Å². The normalized spacial score (nSPS) is 10.5. The van der Waals surface area contributed by atoms with E-state index in [1.807, 2.05) is 18.2 Å². The third-order valence-corrected chi connectivity index (χ3v) is 3.26. The molecule has 0 amide bonds. The second-order valence-electron chi connectivity index (χ2n) is 3.96. The number of hydrogen-bond donors (Lipinski definition) is 1. The molecule has 2 heterocycles. The quantitative estimate of drug-likeness (QED) is 0.700. The lowest BCUT2D eigenvalue weighted by atomic mass is 10.1. The van der Waals surface area contributed by atoms with E-state index < -0.39 is 0 Å². The molecule has 0 saturated carbocycles. The van der Waals surface area contributed by atoms with Gasteiger partial charge in [0.05, 0.1) is 11.2 Å². The number of nitriles is 1. The van der Waals surface area contributed by atoms with Crippen molar-refractivity contribution in [3.8, 4) is 11.8 Å². The number of aromatic nitrogens is 3. The minimum Gasteiger partial charge on any atom is -0.398 e. The van der Waals surface area contributed by atoms with Crippen molar-refractivity contribution in [3.63, 3.8) is 0 Å². The standard InChI is InChI=1S/C13H8BrN5/c14-8-5-9-10(16)1-2-11(13(9)18-7-8)19-4-3-17-12(19)6-15/h1-5,7H,16H2. The van der Waals surface area contributed by atoms with Gasteiger partial charge in [0.15, 0.2) is 0 Å². The van der Waals surface area contributed by atoms with Gasteiger partial charge in [-0.05, 0) is 34.1 Å². The maximum Gasteiger partial charge on any atom is 0.217 e. The van der Waals surface area contributed by atoms with Crippen LogP contribution in [0.25, 0.3) is 16.6 Å². The predicted octanol–water partition coefficient (Wildman–Crippen LogP) is 2.64.